The summed E-state index contributed by atoms with van der Waals surface area (Å²) in [6, 6.07) is 17.9. The van der Waals surface area contributed by atoms with Gasteiger partial charge in [-0.3, -0.25) is 4.79 Å². The lowest BCUT2D eigenvalue weighted by atomic mass is 9.91. The molecule has 3 aromatic rings. The van der Waals surface area contributed by atoms with E-state index in [4.69, 9.17) is 0 Å². The molecule has 0 fully saturated rings. The highest BCUT2D eigenvalue weighted by Gasteiger charge is 2.26. The zero-order chi connectivity index (χ0) is 20.2. The molecule has 6 heteroatoms. The number of aliphatic carboxylic acids is 1. The third-order valence-electron chi connectivity index (χ3n) is 5.54. The molecule has 2 aromatic carbocycles. The average molecular weight is 391 g/mol. The summed E-state index contributed by atoms with van der Waals surface area (Å²) in [5.74, 6) is -0.841. The zero-order valence-electron chi connectivity index (χ0n) is 16.2. The molecule has 3 N–H and O–H groups in total. The number of nitrogens with zero attached hydrogens (tertiary/aromatic N) is 1. The Labute approximate surface area is 169 Å². The molecule has 0 unspecified atom stereocenters. The Hall–Kier alpha value is -3.28. The Morgan fingerprint density at radius 3 is 2.62 bits per heavy atom. The number of carbonyl (C=O) groups is 2. The minimum absolute atomic E-state index is 0.0338. The number of rotatable bonds is 6. The summed E-state index contributed by atoms with van der Waals surface area (Å²) in [6.07, 6.45) is 3.07. The summed E-state index contributed by atoms with van der Waals surface area (Å²) in [5.41, 5.74) is 4.38. The minimum atomic E-state index is -0.841. The van der Waals surface area contributed by atoms with E-state index in [1.54, 1.807) is 0 Å². The van der Waals surface area contributed by atoms with Crippen molar-refractivity contribution in [1.82, 2.24) is 15.2 Å². The number of carboxylic acid groups (broad SMARTS) is 1. The van der Waals surface area contributed by atoms with Crippen LogP contribution in [0.2, 0.25) is 0 Å². The number of fused-ring (bicyclic) bond motifs is 3. The van der Waals surface area contributed by atoms with Crippen LogP contribution in [0.4, 0.5) is 4.79 Å². The average Bonchev–Trinajstić information content (AvgIpc) is 3.02. The Morgan fingerprint density at radius 2 is 1.83 bits per heavy atom. The number of nitrogens with one attached hydrogen (secondary N) is 2. The smallest absolute Gasteiger partial charge is 0.323 e. The van der Waals surface area contributed by atoms with Gasteiger partial charge in [0, 0.05) is 29.2 Å². The predicted octanol–water partition coefficient (Wildman–Crippen LogP) is 3.13. The molecular formula is C23H25N3O3. The van der Waals surface area contributed by atoms with Crippen molar-refractivity contribution in [1.29, 1.82) is 0 Å². The maximum atomic E-state index is 12.3. The van der Waals surface area contributed by atoms with Crippen LogP contribution in [-0.4, -0.2) is 34.3 Å². The van der Waals surface area contributed by atoms with Gasteiger partial charge in [-0.25, -0.2) is 4.79 Å². The van der Waals surface area contributed by atoms with Gasteiger partial charge in [-0.2, -0.15) is 0 Å². The molecule has 6 nitrogen and oxygen atoms in total. The number of hydrogen-bond acceptors (Lipinski definition) is 2. The third kappa shape index (κ3) is 4.26. The number of benzene rings is 2. The highest BCUT2D eigenvalue weighted by atomic mass is 16.4. The van der Waals surface area contributed by atoms with Crippen LogP contribution in [0.1, 0.15) is 23.2 Å². The third-order valence-corrected chi connectivity index (χ3v) is 5.54. The van der Waals surface area contributed by atoms with Crippen molar-refractivity contribution < 1.29 is 14.7 Å². The number of urea groups is 1. The summed E-state index contributed by atoms with van der Waals surface area (Å²) < 4.78 is 1.91. The molecular weight excluding hydrogens is 366 g/mol. The predicted molar refractivity (Wildman–Crippen MR) is 112 cm³/mol. The second-order valence-electron chi connectivity index (χ2n) is 7.50. The molecule has 0 radical (unpaired) electrons. The van der Waals surface area contributed by atoms with Gasteiger partial charge in [0.05, 0.1) is 0 Å². The van der Waals surface area contributed by atoms with E-state index in [0.29, 0.717) is 13.0 Å². The second kappa shape index (κ2) is 8.39. The maximum absolute atomic E-state index is 12.3. The molecule has 0 saturated carbocycles. The quantitative estimate of drug-likeness (QED) is 0.604. The number of carbonyl (C=O) groups excluding carboxylic acids is 1. The summed E-state index contributed by atoms with van der Waals surface area (Å²) >= 11 is 0. The van der Waals surface area contributed by atoms with Crippen molar-refractivity contribution in [3.63, 3.8) is 0 Å². The summed E-state index contributed by atoms with van der Waals surface area (Å²) in [4.78, 5) is 23.6. The first-order valence-corrected chi connectivity index (χ1v) is 10.0. The lowest BCUT2D eigenvalue weighted by molar-refractivity contribution is -0.137. The van der Waals surface area contributed by atoms with Crippen LogP contribution >= 0.6 is 0 Å². The first-order valence-electron chi connectivity index (χ1n) is 10.0. The second-order valence-corrected chi connectivity index (χ2v) is 7.50. The van der Waals surface area contributed by atoms with Crippen LogP contribution in [0, 0.1) is 0 Å². The molecule has 1 heterocycles. The van der Waals surface area contributed by atoms with Crippen LogP contribution in [0.5, 0.6) is 0 Å². The van der Waals surface area contributed by atoms with Gasteiger partial charge < -0.3 is 20.3 Å². The topological polar surface area (TPSA) is 83.4 Å². The molecule has 0 aliphatic heterocycles. The Bertz CT molecular complexity index is 1030. The molecule has 29 heavy (non-hydrogen) atoms. The Kier molecular flexibility index (Phi) is 5.51. The van der Waals surface area contributed by atoms with Crippen molar-refractivity contribution in [2.75, 3.05) is 6.54 Å². The van der Waals surface area contributed by atoms with Crippen LogP contribution < -0.4 is 10.6 Å². The number of carboxylic acids is 1. The maximum Gasteiger partial charge on any atom is 0.323 e. The van der Waals surface area contributed by atoms with Gasteiger partial charge in [-0.15, -0.1) is 0 Å². The molecule has 150 valence electrons. The van der Waals surface area contributed by atoms with E-state index in [1.165, 1.54) is 5.56 Å². The van der Waals surface area contributed by atoms with Gasteiger partial charge in [0.15, 0.2) is 0 Å². The van der Waals surface area contributed by atoms with Crippen LogP contribution in [0.15, 0.2) is 54.6 Å². The highest BCUT2D eigenvalue weighted by molar-refractivity contribution is 5.87. The first kappa shape index (κ1) is 19.1. The number of hydrogen-bond donors (Lipinski definition) is 3. The van der Waals surface area contributed by atoms with Crippen molar-refractivity contribution in [3.8, 4) is 0 Å². The summed E-state index contributed by atoms with van der Waals surface area (Å²) in [5, 5.41) is 16.4. The van der Waals surface area contributed by atoms with Gasteiger partial charge in [-0.1, -0.05) is 48.5 Å². The molecule has 0 saturated heterocycles. The van der Waals surface area contributed by atoms with Crippen LogP contribution in [0.25, 0.3) is 10.9 Å². The van der Waals surface area contributed by atoms with Crippen molar-refractivity contribution in [2.45, 2.75) is 38.3 Å². The van der Waals surface area contributed by atoms with E-state index in [-0.39, 0.29) is 18.6 Å². The molecule has 0 spiro atoms. The molecule has 1 atom stereocenters. The van der Waals surface area contributed by atoms with E-state index in [1.807, 2.05) is 47.0 Å². The monoisotopic (exact) mass is 391 g/mol. The van der Waals surface area contributed by atoms with Gasteiger partial charge in [-0.05, 0) is 42.9 Å². The number of para-hydroxylation sites is 1. The van der Waals surface area contributed by atoms with E-state index in [2.05, 4.69) is 22.8 Å². The van der Waals surface area contributed by atoms with Gasteiger partial charge >= 0.3 is 12.0 Å². The van der Waals surface area contributed by atoms with Crippen molar-refractivity contribution in [2.24, 2.45) is 0 Å². The van der Waals surface area contributed by atoms with E-state index < -0.39 is 5.97 Å². The highest BCUT2D eigenvalue weighted by Crippen LogP contribution is 2.32. The fraction of sp³-hybridized carbons (Fsp3) is 0.304. The van der Waals surface area contributed by atoms with Crippen LogP contribution in [0.3, 0.4) is 0 Å². The molecule has 1 aliphatic rings. The number of amides is 2. The molecule has 1 aromatic heterocycles. The lowest BCUT2D eigenvalue weighted by Gasteiger charge is -2.25. The van der Waals surface area contributed by atoms with Crippen LogP contribution in [-0.2, 0) is 30.6 Å². The standard InChI is InChI=1S/C23H25N3O3/c27-22(28)15-26-20-9-5-4-8-18(20)19-14-17(10-11-21(19)26)25-23(29)24-13-12-16-6-2-1-3-7-16/h1-9,17H,10-15H2,(H,27,28)(H2,24,25,29)/t17-/m1/s1. The molecule has 2 amide bonds. The van der Waals surface area contributed by atoms with Crippen molar-refractivity contribution in [3.05, 3.63) is 71.4 Å². The first-order chi connectivity index (χ1) is 14.1. The van der Waals surface area contributed by atoms with Gasteiger partial charge in [0.2, 0.25) is 0 Å². The fourth-order valence-corrected chi connectivity index (χ4v) is 4.24. The number of aromatic nitrogens is 1. The van der Waals surface area contributed by atoms with Crippen molar-refractivity contribution >= 4 is 22.9 Å². The molecule has 4 rings (SSSR count). The molecule has 0 bridgehead atoms. The normalized spacial score (nSPS) is 15.7. The fourth-order valence-electron chi connectivity index (χ4n) is 4.24. The van der Waals surface area contributed by atoms with E-state index >= 15 is 0 Å². The van der Waals surface area contributed by atoms with Gasteiger partial charge in [0.1, 0.15) is 6.54 Å². The summed E-state index contributed by atoms with van der Waals surface area (Å²) in [6.45, 7) is 0.555. The van der Waals surface area contributed by atoms with Gasteiger partial charge in [0.25, 0.3) is 0 Å². The lowest BCUT2D eigenvalue weighted by Crippen LogP contribution is -2.45. The SMILES string of the molecule is O=C(O)Cn1c2c(c3ccccc31)C[C@H](NC(=O)NCCc1ccccc1)CC2. The summed E-state index contributed by atoms with van der Waals surface area (Å²) in [7, 11) is 0. The zero-order valence-corrected chi connectivity index (χ0v) is 16.2. The van der Waals surface area contributed by atoms with E-state index in [0.717, 1.165) is 41.4 Å². The van der Waals surface area contributed by atoms with E-state index in [9.17, 15) is 14.7 Å². The largest absolute Gasteiger partial charge is 0.480 e. The Balaban J connectivity index is 1.41. The Morgan fingerprint density at radius 1 is 1.07 bits per heavy atom. The minimum Gasteiger partial charge on any atom is -0.480 e. The molecule has 1 aliphatic carbocycles.